The fourth-order valence-electron chi connectivity index (χ4n) is 1.72. The molecule has 1 aromatic rings. The van der Waals surface area contributed by atoms with E-state index in [1.807, 2.05) is 0 Å². The monoisotopic (exact) mass is 285 g/mol. The third-order valence-corrected chi connectivity index (χ3v) is 2.66. The average molecular weight is 285 g/mol. The summed E-state index contributed by atoms with van der Waals surface area (Å²) in [6, 6.07) is 0. The van der Waals surface area contributed by atoms with Gasteiger partial charge in [0.2, 0.25) is 5.91 Å². The Morgan fingerprint density at radius 2 is 2.35 bits per heavy atom. The molecule has 0 aliphatic rings. The van der Waals surface area contributed by atoms with Gasteiger partial charge in [-0.3, -0.25) is 19.6 Å². The molecule has 0 spiro atoms. The lowest BCUT2D eigenvalue weighted by Gasteiger charge is -2.26. The number of β-amino-alcohol motifs (C(OH)–C–C–N with tert-alkyl or cyclic N) is 1. The van der Waals surface area contributed by atoms with E-state index in [1.165, 1.54) is 10.9 Å². The normalized spacial score (nSPS) is 13.2. The van der Waals surface area contributed by atoms with E-state index < -0.39 is 22.5 Å². The van der Waals surface area contributed by atoms with Gasteiger partial charge in [-0.25, -0.2) is 0 Å². The smallest absolute Gasteiger partial charge is 0.306 e. The quantitative estimate of drug-likeness (QED) is 0.431. The number of aromatic nitrogens is 2. The predicted octanol–water partition coefficient (Wildman–Crippen LogP) is -0.604. The Hall–Kier alpha value is -2.00. The molecular formula is C11H19N5O4. The van der Waals surface area contributed by atoms with Gasteiger partial charge in [0.05, 0.1) is 17.6 Å². The van der Waals surface area contributed by atoms with Crippen LogP contribution in [0.5, 0.6) is 0 Å². The number of carbonyl (C=O) groups excluding carboxylic acids is 1. The van der Waals surface area contributed by atoms with Gasteiger partial charge in [-0.2, -0.15) is 5.10 Å². The Bertz CT molecular complexity index is 485. The van der Waals surface area contributed by atoms with Gasteiger partial charge in [-0.05, 0) is 13.8 Å². The molecule has 0 aromatic carbocycles. The summed E-state index contributed by atoms with van der Waals surface area (Å²) in [5.41, 5.74) is 4.47. The standard InChI is InChI=1S/C11H19N5O4/c1-11(2,3-10(12)18)13-5-9(17)7-15-6-8(4-14-15)16(19)20/h4,6,9,13,17H,3,5,7H2,1-2H3,(H2,12,18). The topological polar surface area (TPSA) is 136 Å². The molecule has 1 aromatic heterocycles. The highest BCUT2D eigenvalue weighted by atomic mass is 16.6. The molecule has 0 bridgehead atoms. The van der Waals surface area contributed by atoms with E-state index in [1.54, 1.807) is 13.8 Å². The maximum Gasteiger partial charge on any atom is 0.306 e. The summed E-state index contributed by atoms with van der Waals surface area (Å²) in [6.45, 7) is 3.92. The molecule has 0 fully saturated rings. The van der Waals surface area contributed by atoms with Crippen molar-refractivity contribution in [3.8, 4) is 0 Å². The van der Waals surface area contributed by atoms with Crippen LogP contribution in [0.1, 0.15) is 20.3 Å². The van der Waals surface area contributed by atoms with Gasteiger partial charge in [0, 0.05) is 18.5 Å². The molecule has 0 radical (unpaired) electrons. The largest absolute Gasteiger partial charge is 0.390 e. The predicted molar refractivity (Wildman–Crippen MR) is 70.8 cm³/mol. The van der Waals surface area contributed by atoms with E-state index in [0.717, 1.165) is 6.20 Å². The molecule has 9 heteroatoms. The molecule has 0 aliphatic carbocycles. The number of carbonyl (C=O) groups is 1. The summed E-state index contributed by atoms with van der Waals surface area (Å²) in [6.07, 6.45) is 1.73. The summed E-state index contributed by atoms with van der Waals surface area (Å²) in [5, 5.41) is 27.1. The Morgan fingerprint density at radius 1 is 1.70 bits per heavy atom. The number of nitro groups is 1. The first-order valence-corrected chi connectivity index (χ1v) is 6.08. The molecular weight excluding hydrogens is 266 g/mol. The lowest BCUT2D eigenvalue weighted by atomic mass is 10.00. The van der Waals surface area contributed by atoms with Gasteiger partial charge in [0.15, 0.2) is 0 Å². The van der Waals surface area contributed by atoms with Crippen molar-refractivity contribution in [1.29, 1.82) is 0 Å². The summed E-state index contributed by atoms with van der Waals surface area (Å²) in [7, 11) is 0. The summed E-state index contributed by atoms with van der Waals surface area (Å²) in [4.78, 5) is 20.8. The van der Waals surface area contributed by atoms with E-state index in [-0.39, 0.29) is 25.2 Å². The van der Waals surface area contributed by atoms with Crippen LogP contribution in [-0.2, 0) is 11.3 Å². The first kappa shape index (κ1) is 16.1. The van der Waals surface area contributed by atoms with Crippen LogP contribution in [0.25, 0.3) is 0 Å². The minimum absolute atomic E-state index is 0.119. The highest BCUT2D eigenvalue weighted by Crippen LogP contribution is 2.09. The van der Waals surface area contributed by atoms with Crippen molar-refractivity contribution < 1.29 is 14.8 Å². The first-order valence-electron chi connectivity index (χ1n) is 6.08. The number of nitrogens with two attached hydrogens (primary N) is 1. The van der Waals surface area contributed by atoms with Gasteiger partial charge in [0.25, 0.3) is 0 Å². The zero-order chi connectivity index (χ0) is 15.3. The molecule has 1 heterocycles. The van der Waals surface area contributed by atoms with Crippen molar-refractivity contribution >= 4 is 11.6 Å². The maximum atomic E-state index is 10.9. The van der Waals surface area contributed by atoms with Gasteiger partial charge >= 0.3 is 5.69 Å². The Labute approximate surface area is 115 Å². The van der Waals surface area contributed by atoms with Crippen molar-refractivity contribution in [2.45, 2.75) is 38.5 Å². The van der Waals surface area contributed by atoms with Crippen molar-refractivity contribution in [2.75, 3.05) is 6.54 Å². The molecule has 112 valence electrons. The number of amides is 1. The van der Waals surface area contributed by atoms with Crippen molar-refractivity contribution in [1.82, 2.24) is 15.1 Å². The number of aliphatic hydroxyl groups excluding tert-OH is 1. The van der Waals surface area contributed by atoms with E-state index in [4.69, 9.17) is 5.73 Å². The third kappa shape index (κ3) is 5.33. The molecule has 1 amide bonds. The maximum absolute atomic E-state index is 10.9. The Kier molecular flexibility index (Phi) is 5.17. The SMILES string of the molecule is CC(C)(CC(N)=O)NCC(O)Cn1cc([N+](=O)[O-])cn1. The van der Waals surface area contributed by atoms with Crippen LogP contribution in [0.15, 0.2) is 12.4 Å². The summed E-state index contributed by atoms with van der Waals surface area (Å²) < 4.78 is 1.30. The molecule has 1 rings (SSSR count). The molecule has 1 atom stereocenters. The minimum Gasteiger partial charge on any atom is -0.390 e. The van der Waals surface area contributed by atoms with Crippen LogP contribution in [0.3, 0.4) is 0 Å². The number of primary amides is 1. The number of hydrogen-bond acceptors (Lipinski definition) is 6. The second-order valence-electron chi connectivity index (χ2n) is 5.24. The van der Waals surface area contributed by atoms with Crippen molar-refractivity contribution in [3.63, 3.8) is 0 Å². The van der Waals surface area contributed by atoms with Gasteiger partial charge < -0.3 is 16.2 Å². The van der Waals surface area contributed by atoms with Gasteiger partial charge in [-0.1, -0.05) is 0 Å². The number of rotatable bonds is 8. The summed E-state index contributed by atoms with van der Waals surface area (Å²) >= 11 is 0. The second-order valence-corrected chi connectivity index (χ2v) is 5.24. The number of nitrogens with zero attached hydrogens (tertiary/aromatic N) is 3. The zero-order valence-corrected chi connectivity index (χ0v) is 11.4. The van der Waals surface area contributed by atoms with E-state index >= 15 is 0 Å². The van der Waals surface area contributed by atoms with E-state index in [9.17, 15) is 20.0 Å². The molecule has 4 N–H and O–H groups in total. The zero-order valence-electron chi connectivity index (χ0n) is 11.4. The molecule has 0 saturated carbocycles. The molecule has 20 heavy (non-hydrogen) atoms. The molecule has 1 unspecified atom stereocenters. The average Bonchev–Trinajstić information content (AvgIpc) is 2.73. The first-order chi connectivity index (χ1) is 9.19. The van der Waals surface area contributed by atoms with Crippen molar-refractivity contribution in [2.24, 2.45) is 5.73 Å². The molecule has 0 aliphatic heterocycles. The molecule has 0 saturated heterocycles. The highest BCUT2D eigenvalue weighted by molar-refractivity contribution is 5.74. The van der Waals surface area contributed by atoms with Gasteiger partial charge in [-0.15, -0.1) is 0 Å². The van der Waals surface area contributed by atoms with Crippen LogP contribution in [0.2, 0.25) is 0 Å². The number of nitrogens with one attached hydrogen (secondary N) is 1. The van der Waals surface area contributed by atoms with Crippen LogP contribution >= 0.6 is 0 Å². The second kappa shape index (κ2) is 6.44. The molecule has 9 nitrogen and oxygen atoms in total. The van der Waals surface area contributed by atoms with Crippen LogP contribution < -0.4 is 11.1 Å². The number of aliphatic hydroxyl groups is 1. The Balaban J connectivity index is 2.45. The fraction of sp³-hybridized carbons (Fsp3) is 0.636. The Morgan fingerprint density at radius 3 is 2.85 bits per heavy atom. The van der Waals surface area contributed by atoms with Crippen LogP contribution in [0, 0.1) is 10.1 Å². The fourth-order valence-corrected chi connectivity index (χ4v) is 1.72. The lowest BCUT2D eigenvalue weighted by Crippen LogP contribution is -2.46. The minimum atomic E-state index is -0.790. The van der Waals surface area contributed by atoms with Gasteiger partial charge in [0.1, 0.15) is 12.4 Å². The van der Waals surface area contributed by atoms with E-state index in [2.05, 4.69) is 10.4 Å². The summed E-state index contributed by atoms with van der Waals surface area (Å²) in [5.74, 6) is -0.431. The van der Waals surface area contributed by atoms with E-state index in [0.29, 0.717) is 0 Å². The number of hydrogen-bond donors (Lipinski definition) is 3. The van der Waals surface area contributed by atoms with Crippen LogP contribution in [0.4, 0.5) is 5.69 Å². The van der Waals surface area contributed by atoms with Crippen LogP contribution in [-0.4, -0.2) is 43.9 Å². The highest BCUT2D eigenvalue weighted by Gasteiger charge is 2.21. The third-order valence-electron chi connectivity index (χ3n) is 2.66. The lowest BCUT2D eigenvalue weighted by molar-refractivity contribution is -0.385. The van der Waals surface area contributed by atoms with Crippen molar-refractivity contribution in [3.05, 3.63) is 22.5 Å².